The van der Waals surface area contributed by atoms with Crippen molar-refractivity contribution in [3.05, 3.63) is 15.9 Å². The quantitative estimate of drug-likeness (QED) is 0.912. The maximum Gasteiger partial charge on any atom is 0.273 e. The molecule has 2 unspecified atom stereocenters. The topological polar surface area (TPSA) is 46.9 Å². The van der Waals surface area contributed by atoms with Crippen LogP contribution in [0.15, 0.2) is 4.47 Å². The van der Waals surface area contributed by atoms with E-state index in [4.69, 9.17) is 0 Å². The van der Waals surface area contributed by atoms with E-state index < -0.39 is 0 Å². The normalized spacial score (nSPS) is 24.0. The number of nitrogens with one attached hydrogen (secondary N) is 1. The van der Waals surface area contributed by atoms with Crippen LogP contribution in [0, 0.1) is 12.8 Å². The van der Waals surface area contributed by atoms with E-state index in [1.165, 1.54) is 19.3 Å². The van der Waals surface area contributed by atoms with Gasteiger partial charge in [0.25, 0.3) is 5.91 Å². The molecule has 100 valence electrons. The molecule has 0 radical (unpaired) electrons. The molecule has 1 aromatic heterocycles. The van der Waals surface area contributed by atoms with Crippen LogP contribution < -0.4 is 5.32 Å². The van der Waals surface area contributed by atoms with Gasteiger partial charge in [-0.1, -0.05) is 19.8 Å². The molecule has 1 amide bonds. The van der Waals surface area contributed by atoms with Gasteiger partial charge in [-0.3, -0.25) is 9.48 Å². The summed E-state index contributed by atoms with van der Waals surface area (Å²) in [6.07, 6.45) is 4.77. The predicted octanol–water partition coefficient (Wildman–Crippen LogP) is 2.80. The number of aryl methyl sites for hydroxylation is 1. The highest BCUT2D eigenvalue weighted by atomic mass is 79.9. The fraction of sp³-hybridized carbons (Fsp3) is 0.692. The Hall–Kier alpha value is -0.840. The van der Waals surface area contributed by atoms with Gasteiger partial charge in [0.1, 0.15) is 0 Å². The fourth-order valence-electron chi connectivity index (χ4n) is 2.49. The number of carbonyl (C=O) groups excluding carboxylic acids is 1. The minimum Gasteiger partial charge on any atom is -0.348 e. The lowest BCUT2D eigenvalue weighted by Gasteiger charge is -2.29. The third-order valence-electron chi connectivity index (χ3n) is 3.90. The molecule has 4 nitrogen and oxygen atoms in total. The Morgan fingerprint density at radius 1 is 1.44 bits per heavy atom. The van der Waals surface area contributed by atoms with E-state index in [2.05, 4.69) is 33.3 Å². The lowest BCUT2D eigenvalue weighted by atomic mass is 9.86. The van der Waals surface area contributed by atoms with Crippen LogP contribution in [0.4, 0.5) is 0 Å². The van der Waals surface area contributed by atoms with Crippen LogP contribution in [-0.2, 0) is 7.05 Å². The molecule has 0 aromatic carbocycles. The zero-order chi connectivity index (χ0) is 13.3. The molecule has 1 N–H and O–H groups in total. The second-order valence-electron chi connectivity index (χ2n) is 5.21. The highest BCUT2D eigenvalue weighted by Crippen LogP contribution is 2.25. The van der Waals surface area contributed by atoms with E-state index in [1.54, 1.807) is 4.68 Å². The molecule has 2 atom stereocenters. The van der Waals surface area contributed by atoms with Crippen molar-refractivity contribution < 1.29 is 4.79 Å². The molecule has 1 heterocycles. The maximum atomic E-state index is 12.2. The SMILES string of the molecule is Cc1c(Br)c(C(=O)NC2CCCCC2C)nn1C. The molecule has 1 saturated carbocycles. The molecular formula is C13H20BrN3O. The van der Waals surface area contributed by atoms with Gasteiger partial charge in [-0.25, -0.2) is 0 Å². The Morgan fingerprint density at radius 2 is 2.11 bits per heavy atom. The Morgan fingerprint density at radius 3 is 2.67 bits per heavy atom. The largest absolute Gasteiger partial charge is 0.348 e. The molecular weight excluding hydrogens is 294 g/mol. The van der Waals surface area contributed by atoms with Crippen LogP contribution in [0.5, 0.6) is 0 Å². The molecule has 1 aromatic rings. The monoisotopic (exact) mass is 313 g/mol. The van der Waals surface area contributed by atoms with E-state index >= 15 is 0 Å². The van der Waals surface area contributed by atoms with Crippen molar-refractivity contribution in [1.29, 1.82) is 0 Å². The number of hydrogen-bond acceptors (Lipinski definition) is 2. The van der Waals surface area contributed by atoms with Crippen molar-refractivity contribution in [3.63, 3.8) is 0 Å². The average Bonchev–Trinajstić information content (AvgIpc) is 2.60. The first-order valence-corrected chi connectivity index (χ1v) is 7.30. The van der Waals surface area contributed by atoms with Gasteiger partial charge < -0.3 is 5.32 Å². The number of aromatic nitrogens is 2. The molecule has 0 spiro atoms. The summed E-state index contributed by atoms with van der Waals surface area (Å²) in [7, 11) is 1.85. The number of halogens is 1. The Bertz CT molecular complexity index is 455. The van der Waals surface area contributed by atoms with Crippen LogP contribution >= 0.6 is 15.9 Å². The number of amides is 1. The highest BCUT2D eigenvalue weighted by molar-refractivity contribution is 9.10. The smallest absolute Gasteiger partial charge is 0.273 e. The van der Waals surface area contributed by atoms with E-state index in [0.29, 0.717) is 17.7 Å². The van der Waals surface area contributed by atoms with Crippen molar-refractivity contribution in [1.82, 2.24) is 15.1 Å². The lowest BCUT2D eigenvalue weighted by Crippen LogP contribution is -2.41. The van der Waals surface area contributed by atoms with Crippen LogP contribution in [0.25, 0.3) is 0 Å². The highest BCUT2D eigenvalue weighted by Gasteiger charge is 2.25. The minimum absolute atomic E-state index is 0.0654. The summed E-state index contributed by atoms with van der Waals surface area (Å²) in [6.45, 7) is 4.15. The van der Waals surface area contributed by atoms with E-state index in [9.17, 15) is 4.79 Å². The van der Waals surface area contributed by atoms with Gasteiger partial charge in [-0.2, -0.15) is 5.10 Å². The predicted molar refractivity (Wildman–Crippen MR) is 74.5 cm³/mol. The molecule has 0 saturated heterocycles. The van der Waals surface area contributed by atoms with Crippen LogP contribution in [0.3, 0.4) is 0 Å². The molecule has 1 aliphatic rings. The van der Waals surface area contributed by atoms with Crippen molar-refractivity contribution in [2.75, 3.05) is 0 Å². The van der Waals surface area contributed by atoms with E-state index in [-0.39, 0.29) is 5.91 Å². The second kappa shape index (κ2) is 5.43. The number of hydrogen-bond donors (Lipinski definition) is 1. The first-order valence-electron chi connectivity index (χ1n) is 6.50. The van der Waals surface area contributed by atoms with Crippen molar-refractivity contribution in [2.24, 2.45) is 13.0 Å². The summed E-state index contributed by atoms with van der Waals surface area (Å²) in [5.41, 5.74) is 1.46. The first-order chi connectivity index (χ1) is 8.50. The summed E-state index contributed by atoms with van der Waals surface area (Å²) >= 11 is 3.44. The molecule has 1 aliphatic carbocycles. The van der Waals surface area contributed by atoms with Crippen LogP contribution in [0.2, 0.25) is 0 Å². The molecule has 2 rings (SSSR count). The van der Waals surface area contributed by atoms with E-state index in [0.717, 1.165) is 16.6 Å². The summed E-state index contributed by atoms with van der Waals surface area (Å²) in [4.78, 5) is 12.2. The van der Waals surface area contributed by atoms with Gasteiger partial charge in [0.05, 0.1) is 10.2 Å². The number of nitrogens with zero attached hydrogens (tertiary/aromatic N) is 2. The molecule has 0 aliphatic heterocycles. The van der Waals surface area contributed by atoms with Gasteiger partial charge in [0.2, 0.25) is 0 Å². The number of rotatable bonds is 2. The standard InChI is InChI=1S/C13H20BrN3O/c1-8-6-4-5-7-10(8)15-13(18)12-11(14)9(2)17(3)16-12/h8,10H,4-7H2,1-3H3,(H,15,18). The molecule has 5 heteroatoms. The Balaban J connectivity index is 2.09. The third-order valence-corrected chi connectivity index (χ3v) is 4.85. The van der Waals surface area contributed by atoms with Crippen molar-refractivity contribution >= 4 is 21.8 Å². The molecule has 18 heavy (non-hydrogen) atoms. The van der Waals surface area contributed by atoms with Crippen molar-refractivity contribution in [2.45, 2.75) is 45.6 Å². The van der Waals surface area contributed by atoms with Crippen LogP contribution in [0.1, 0.15) is 48.8 Å². The summed E-state index contributed by atoms with van der Waals surface area (Å²) in [5, 5.41) is 7.38. The van der Waals surface area contributed by atoms with E-state index in [1.807, 2.05) is 14.0 Å². The summed E-state index contributed by atoms with van der Waals surface area (Å²) < 4.78 is 2.52. The Kier molecular flexibility index (Phi) is 4.10. The zero-order valence-corrected chi connectivity index (χ0v) is 12.7. The molecule has 1 fully saturated rings. The number of carbonyl (C=O) groups is 1. The van der Waals surface area contributed by atoms with Crippen LogP contribution in [-0.4, -0.2) is 21.7 Å². The average molecular weight is 314 g/mol. The first kappa shape index (κ1) is 13.6. The van der Waals surface area contributed by atoms with Gasteiger partial charge in [-0.15, -0.1) is 0 Å². The third kappa shape index (κ3) is 2.60. The summed E-state index contributed by atoms with van der Waals surface area (Å²) in [6, 6.07) is 0.292. The lowest BCUT2D eigenvalue weighted by molar-refractivity contribution is 0.0903. The fourth-order valence-corrected chi connectivity index (χ4v) is 3.01. The van der Waals surface area contributed by atoms with Crippen molar-refractivity contribution in [3.8, 4) is 0 Å². The molecule has 0 bridgehead atoms. The van der Waals surface area contributed by atoms with Gasteiger partial charge >= 0.3 is 0 Å². The van der Waals surface area contributed by atoms with Gasteiger partial charge in [0.15, 0.2) is 5.69 Å². The van der Waals surface area contributed by atoms with Gasteiger partial charge in [-0.05, 0) is 41.6 Å². The second-order valence-corrected chi connectivity index (χ2v) is 6.01. The maximum absolute atomic E-state index is 12.2. The zero-order valence-electron chi connectivity index (χ0n) is 11.2. The summed E-state index contributed by atoms with van der Waals surface area (Å²) in [5.74, 6) is 0.496. The van der Waals surface area contributed by atoms with Gasteiger partial charge in [0, 0.05) is 13.1 Å². The Labute approximate surface area is 116 Å². The minimum atomic E-state index is -0.0654.